The summed E-state index contributed by atoms with van der Waals surface area (Å²) in [6, 6.07) is 2.16. The standard InChI is InChI=1S/C19H24F2N6O2/c1-11-15(8-27(26-11)19(2,3)10-22)24-18-23-7-14(21)17(25-18)29-9-12-4-5-16(28)13(20)6-12/h7-8,12-13,16,28H,4-6,9H2,1-3H3,(H,23,24,25)/t12-,13+,16+/m0/s1. The van der Waals surface area contributed by atoms with Crippen LogP contribution in [0.15, 0.2) is 12.4 Å². The molecule has 0 amide bonds. The lowest BCUT2D eigenvalue weighted by molar-refractivity contribution is 0.0144. The molecule has 0 spiro atoms. The van der Waals surface area contributed by atoms with Crippen LogP contribution in [-0.2, 0) is 5.54 Å². The van der Waals surface area contributed by atoms with Crippen molar-refractivity contribution in [2.45, 2.75) is 57.8 Å². The second kappa shape index (κ2) is 8.29. The average molecular weight is 406 g/mol. The van der Waals surface area contributed by atoms with Crippen LogP contribution in [0, 0.1) is 30.0 Å². The van der Waals surface area contributed by atoms with Crippen molar-refractivity contribution in [2.24, 2.45) is 5.92 Å². The number of rotatable bonds is 6. The minimum atomic E-state index is -1.29. The lowest BCUT2D eigenvalue weighted by Crippen LogP contribution is -2.32. The summed E-state index contributed by atoms with van der Waals surface area (Å²) in [4.78, 5) is 7.97. The van der Waals surface area contributed by atoms with Crippen molar-refractivity contribution in [1.82, 2.24) is 19.7 Å². The zero-order valence-corrected chi connectivity index (χ0v) is 16.6. The Morgan fingerprint density at radius 1 is 1.45 bits per heavy atom. The molecule has 10 heteroatoms. The van der Waals surface area contributed by atoms with E-state index >= 15 is 0 Å². The first-order valence-corrected chi connectivity index (χ1v) is 9.42. The van der Waals surface area contributed by atoms with Gasteiger partial charge in [0, 0.05) is 0 Å². The maximum absolute atomic E-state index is 14.0. The van der Waals surface area contributed by atoms with Gasteiger partial charge in [-0.3, -0.25) is 4.68 Å². The molecule has 0 aliphatic heterocycles. The number of aliphatic hydroxyl groups is 1. The smallest absolute Gasteiger partial charge is 0.255 e. The SMILES string of the molecule is Cc1nn(C(C)(C)C#N)cc1Nc1ncc(F)c(OC[C@H]2CC[C@@H](O)[C@H](F)C2)n1. The van der Waals surface area contributed by atoms with E-state index in [1.165, 1.54) is 4.68 Å². The molecule has 3 atom stereocenters. The van der Waals surface area contributed by atoms with Crippen LogP contribution in [0.25, 0.3) is 0 Å². The van der Waals surface area contributed by atoms with Crippen LogP contribution in [0.3, 0.4) is 0 Å². The molecule has 2 aromatic rings. The molecule has 1 saturated carbocycles. The first kappa shape index (κ1) is 20.9. The summed E-state index contributed by atoms with van der Waals surface area (Å²) in [5, 5.41) is 26.0. The number of aromatic nitrogens is 4. The molecule has 1 fully saturated rings. The Labute approximate surface area is 167 Å². The van der Waals surface area contributed by atoms with E-state index in [0.717, 1.165) is 6.20 Å². The number of halogens is 2. The highest BCUT2D eigenvalue weighted by Gasteiger charge is 2.29. The van der Waals surface area contributed by atoms with Gasteiger partial charge in [-0.1, -0.05) is 0 Å². The zero-order valence-electron chi connectivity index (χ0n) is 16.6. The Morgan fingerprint density at radius 2 is 2.21 bits per heavy atom. The molecule has 156 valence electrons. The fourth-order valence-electron chi connectivity index (χ4n) is 3.08. The number of aliphatic hydroxyl groups excluding tert-OH is 1. The lowest BCUT2D eigenvalue weighted by atomic mass is 9.87. The summed E-state index contributed by atoms with van der Waals surface area (Å²) in [6.07, 6.45) is 1.55. The second-order valence-corrected chi connectivity index (χ2v) is 7.79. The predicted molar refractivity (Wildman–Crippen MR) is 101 cm³/mol. The van der Waals surface area contributed by atoms with E-state index in [2.05, 4.69) is 26.5 Å². The third-order valence-electron chi connectivity index (χ3n) is 5.01. The van der Waals surface area contributed by atoms with E-state index in [-0.39, 0.29) is 30.8 Å². The third kappa shape index (κ3) is 4.79. The van der Waals surface area contributed by atoms with E-state index in [0.29, 0.717) is 24.2 Å². The van der Waals surface area contributed by atoms with Crippen molar-refractivity contribution < 1.29 is 18.6 Å². The second-order valence-electron chi connectivity index (χ2n) is 7.79. The Balaban J connectivity index is 1.69. The molecule has 0 saturated heterocycles. The number of nitrogens with zero attached hydrogens (tertiary/aromatic N) is 5. The first-order chi connectivity index (χ1) is 13.7. The maximum atomic E-state index is 14.0. The molecule has 0 bridgehead atoms. The number of nitrogens with one attached hydrogen (secondary N) is 1. The van der Waals surface area contributed by atoms with Gasteiger partial charge in [-0.2, -0.15) is 19.7 Å². The van der Waals surface area contributed by atoms with E-state index in [1.807, 2.05) is 0 Å². The summed E-state index contributed by atoms with van der Waals surface area (Å²) >= 11 is 0. The predicted octanol–water partition coefficient (Wildman–Crippen LogP) is 3.00. The van der Waals surface area contributed by atoms with Crippen molar-refractivity contribution in [2.75, 3.05) is 11.9 Å². The van der Waals surface area contributed by atoms with Crippen molar-refractivity contribution >= 4 is 11.6 Å². The number of aryl methyl sites for hydroxylation is 1. The van der Waals surface area contributed by atoms with Crippen molar-refractivity contribution in [3.05, 3.63) is 23.9 Å². The van der Waals surface area contributed by atoms with Crippen LogP contribution < -0.4 is 10.1 Å². The van der Waals surface area contributed by atoms with Gasteiger partial charge in [0.15, 0.2) is 0 Å². The van der Waals surface area contributed by atoms with Gasteiger partial charge in [0.1, 0.15) is 11.7 Å². The van der Waals surface area contributed by atoms with Crippen molar-refractivity contribution in [3.8, 4) is 11.9 Å². The molecule has 0 unspecified atom stereocenters. The number of nitriles is 1. The highest BCUT2D eigenvalue weighted by molar-refractivity contribution is 5.55. The molecule has 1 aliphatic rings. The minimum absolute atomic E-state index is 0.105. The van der Waals surface area contributed by atoms with Crippen LogP contribution in [0.2, 0.25) is 0 Å². The van der Waals surface area contributed by atoms with E-state index in [1.54, 1.807) is 27.0 Å². The van der Waals surface area contributed by atoms with E-state index < -0.39 is 23.6 Å². The monoisotopic (exact) mass is 406 g/mol. The van der Waals surface area contributed by atoms with Gasteiger partial charge in [-0.25, -0.2) is 9.37 Å². The largest absolute Gasteiger partial charge is 0.475 e. The highest BCUT2D eigenvalue weighted by atomic mass is 19.1. The molecular formula is C19H24F2N6O2. The Hall–Kier alpha value is -2.80. The van der Waals surface area contributed by atoms with Crippen LogP contribution in [0.4, 0.5) is 20.4 Å². The Kier molecular flexibility index (Phi) is 5.98. The molecule has 1 aliphatic carbocycles. The maximum Gasteiger partial charge on any atom is 0.255 e. The minimum Gasteiger partial charge on any atom is -0.475 e. The van der Waals surface area contributed by atoms with Crippen molar-refractivity contribution in [3.63, 3.8) is 0 Å². The molecule has 29 heavy (non-hydrogen) atoms. The van der Waals surface area contributed by atoms with Crippen LogP contribution >= 0.6 is 0 Å². The molecule has 0 aromatic carbocycles. The Morgan fingerprint density at radius 3 is 2.90 bits per heavy atom. The quantitative estimate of drug-likeness (QED) is 0.759. The van der Waals surface area contributed by atoms with Gasteiger partial charge in [0.25, 0.3) is 5.88 Å². The van der Waals surface area contributed by atoms with Gasteiger partial charge < -0.3 is 15.2 Å². The van der Waals surface area contributed by atoms with Gasteiger partial charge in [-0.05, 0) is 46.0 Å². The zero-order chi connectivity index (χ0) is 21.2. The number of alkyl halides is 1. The molecule has 2 N–H and O–H groups in total. The number of hydrogen-bond acceptors (Lipinski definition) is 7. The topological polar surface area (TPSA) is 109 Å². The summed E-state index contributed by atoms with van der Waals surface area (Å²) < 4.78 is 34.7. The van der Waals surface area contributed by atoms with E-state index in [9.17, 15) is 19.1 Å². The number of hydrogen-bond donors (Lipinski definition) is 2. The van der Waals surface area contributed by atoms with Crippen LogP contribution in [-0.4, -0.2) is 43.7 Å². The third-order valence-corrected chi connectivity index (χ3v) is 5.01. The number of ether oxygens (including phenoxy) is 1. The summed E-state index contributed by atoms with van der Waals surface area (Å²) in [5.74, 6) is -0.957. The van der Waals surface area contributed by atoms with Gasteiger partial charge in [0.2, 0.25) is 11.8 Å². The normalized spacial score (nSPS) is 22.2. The molecule has 8 nitrogen and oxygen atoms in total. The number of anilines is 2. The molecule has 2 aromatic heterocycles. The van der Waals surface area contributed by atoms with Crippen LogP contribution in [0.5, 0.6) is 5.88 Å². The fourth-order valence-corrected chi connectivity index (χ4v) is 3.08. The van der Waals surface area contributed by atoms with E-state index in [4.69, 9.17) is 4.74 Å². The van der Waals surface area contributed by atoms with Gasteiger partial charge >= 0.3 is 0 Å². The first-order valence-electron chi connectivity index (χ1n) is 9.42. The Bertz CT molecular complexity index is 911. The summed E-state index contributed by atoms with van der Waals surface area (Å²) in [5.41, 5.74) is 0.371. The fraction of sp³-hybridized carbons (Fsp3) is 0.579. The lowest BCUT2D eigenvalue weighted by Gasteiger charge is -2.28. The van der Waals surface area contributed by atoms with Crippen molar-refractivity contribution in [1.29, 1.82) is 5.26 Å². The van der Waals surface area contributed by atoms with Gasteiger partial charge in [-0.15, -0.1) is 0 Å². The van der Waals surface area contributed by atoms with Gasteiger partial charge in [0.05, 0.1) is 42.6 Å². The highest BCUT2D eigenvalue weighted by Crippen LogP contribution is 2.28. The molecule has 0 radical (unpaired) electrons. The summed E-state index contributed by atoms with van der Waals surface area (Å²) in [7, 11) is 0. The molecular weight excluding hydrogens is 382 g/mol. The average Bonchev–Trinajstić information content (AvgIpc) is 3.06. The summed E-state index contributed by atoms with van der Waals surface area (Å²) in [6.45, 7) is 5.33. The molecule has 3 rings (SSSR count). The van der Waals surface area contributed by atoms with Crippen LogP contribution in [0.1, 0.15) is 38.8 Å². The molecule has 2 heterocycles.